The van der Waals surface area contributed by atoms with Gasteiger partial charge in [-0.05, 0) is 50.8 Å². The summed E-state index contributed by atoms with van der Waals surface area (Å²) in [5, 5.41) is 6.97. The van der Waals surface area contributed by atoms with Crippen molar-refractivity contribution in [2.45, 2.75) is 51.5 Å². The van der Waals surface area contributed by atoms with Crippen LogP contribution in [0, 0.1) is 0 Å². The third-order valence-corrected chi connectivity index (χ3v) is 5.04. The van der Waals surface area contributed by atoms with Gasteiger partial charge in [-0.1, -0.05) is 19.1 Å². The number of benzene rings is 1. The topological polar surface area (TPSA) is 54.9 Å². The van der Waals surface area contributed by atoms with Gasteiger partial charge in [-0.2, -0.15) is 0 Å². The van der Waals surface area contributed by atoms with Crippen LogP contribution in [0.15, 0.2) is 29.3 Å². The van der Waals surface area contributed by atoms with Crippen molar-refractivity contribution in [3.05, 3.63) is 29.8 Å². The second-order valence-corrected chi connectivity index (χ2v) is 6.73. The first-order valence-corrected chi connectivity index (χ1v) is 9.42. The molecule has 0 aromatic heterocycles. The molecule has 5 nitrogen and oxygen atoms in total. The normalized spacial score (nSPS) is 17.8. The Morgan fingerprint density at radius 2 is 1.88 bits per heavy atom. The van der Waals surface area contributed by atoms with Gasteiger partial charge in [0.15, 0.2) is 5.96 Å². The highest BCUT2D eigenvalue weighted by Crippen LogP contribution is 2.35. The third-order valence-electron chi connectivity index (χ3n) is 5.04. The molecule has 1 saturated heterocycles. The number of aliphatic imine (C=N–C) groups is 1. The summed E-state index contributed by atoms with van der Waals surface area (Å²) in [6, 6.07) is 8.94. The molecule has 2 rings (SSSR count). The Morgan fingerprint density at radius 1 is 1.23 bits per heavy atom. The molecule has 1 aromatic rings. The molecule has 0 bridgehead atoms. The molecule has 26 heavy (non-hydrogen) atoms. The first-order valence-electron chi connectivity index (χ1n) is 9.42. The zero-order valence-electron chi connectivity index (χ0n) is 16.5. The molecule has 148 valence electrons. The van der Waals surface area contributed by atoms with Gasteiger partial charge >= 0.3 is 0 Å². The largest absolute Gasteiger partial charge is 0.494 e. The number of hydrogen-bond donors (Lipinski definition) is 2. The quantitative estimate of drug-likeness (QED) is 0.359. The number of nitrogens with one attached hydrogen (secondary N) is 2. The number of rotatable bonds is 7. The smallest absolute Gasteiger partial charge is 0.191 e. The standard InChI is InChI=1S/C20H33N3O2.HI/c1-5-16(3)23-19(21-4)22-15-20(11-13-24-14-12-20)17-7-9-18(10-8-17)25-6-2;/h7-10,16H,5-6,11-15H2,1-4H3,(H2,21,22,23);1H. The lowest BCUT2D eigenvalue weighted by Gasteiger charge is -2.38. The highest BCUT2D eigenvalue weighted by Gasteiger charge is 2.34. The minimum absolute atomic E-state index is 0. The molecule has 1 heterocycles. The van der Waals surface area contributed by atoms with Gasteiger partial charge in [0.25, 0.3) is 0 Å². The van der Waals surface area contributed by atoms with Gasteiger partial charge in [-0.15, -0.1) is 24.0 Å². The predicted octanol–water partition coefficient (Wildman–Crippen LogP) is 3.72. The van der Waals surface area contributed by atoms with Crippen molar-refractivity contribution in [2.24, 2.45) is 4.99 Å². The second kappa shape index (κ2) is 11.6. The van der Waals surface area contributed by atoms with Crippen LogP contribution >= 0.6 is 24.0 Å². The van der Waals surface area contributed by atoms with E-state index >= 15 is 0 Å². The van der Waals surface area contributed by atoms with E-state index in [-0.39, 0.29) is 29.4 Å². The summed E-state index contributed by atoms with van der Waals surface area (Å²) < 4.78 is 11.2. The Bertz CT molecular complexity index is 542. The molecule has 0 aliphatic carbocycles. The molecule has 1 aromatic carbocycles. The Morgan fingerprint density at radius 3 is 2.42 bits per heavy atom. The van der Waals surface area contributed by atoms with Gasteiger partial charge in [0.05, 0.1) is 6.61 Å². The van der Waals surface area contributed by atoms with Crippen molar-refractivity contribution in [1.82, 2.24) is 10.6 Å². The van der Waals surface area contributed by atoms with Gasteiger partial charge in [-0.25, -0.2) is 0 Å². The summed E-state index contributed by atoms with van der Waals surface area (Å²) in [5.41, 5.74) is 1.40. The van der Waals surface area contributed by atoms with Crippen LogP contribution in [0.4, 0.5) is 0 Å². The van der Waals surface area contributed by atoms with Crippen LogP contribution in [0.2, 0.25) is 0 Å². The minimum Gasteiger partial charge on any atom is -0.494 e. The second-order valence-electron chi connectivity index (χ2n) is 6.73. The average molecular weight is 475 g/mol. The highest BCUT2D eigenvalue weighted by molar-refractivity contribution is 14.0. The monoisotopic (exact) mass is 475 g/mol. The van der Waals surface area contributed by atoms with Gasteiger partial charge in [0, 0.05) is 38.3 Å². The van der Waals surface area contributed by atoms with E-state index in [0.717, 1.165) is 50.7 Å². The molecule has 1 aliphatic rings. The van der Waals surface area contributed by atoms with E-state index < -0.39 is 0 Å². The molecule has 1 fully saturated rings. The predicted molar refractivity (Wildman–Crippen MR) is 119 cm³/mol. The van der Waals surface area contributed by atoms with Crippen molar-refractivity contribution < 1.29 is 9.47 Å². The van der Waals surface area contributed by atoms with Crippen LogP contribution in [0.1, 0.15) is 45.6 Å². The highest BCUT2D eigenvalue weighted by atomic mass is 127. The van der Waals surface area contributed by atoms with E-state index in [2.05, 4.69) is 53.7 Å². The summed E-state index contributed by atoms with van der Waals surface area (Å²) in [6.45, 7) is 9.48. The van der Waals surface area contributed by atoms with Crippen LogP contribution < -0.4 is 15.4 Å². The first kappa shape index (κ1) is 23.0. The van der Waals surface area contributed by atoms with E-state index in [0.29, 0.717) is 12.6 Å². The Kier molecular flexibility index (Phi) is 10.3. The Hall–Kier alpha value is -1.02. The van der Waals surface area contributed by atoms with Crippen molar-refractivity contribution >= 4 is 29.9 Å². The lowest BCUT2D eigenvalue weighted by Crippen LogP contribution is -2.49. The minimum atomic E-state index is 0. The molecule has 0 saturated carbocycles. The van der Waals surface area contributed by atoms with Crippen LogP contribution in [0.5, 0.6) is 5.75 Å². The summed E-state index contributed by atoms with van der Waals surface area (Å²) in [7, 11) is 1.82. The number of hydrogen-bond acceptors (Lipinski definition) is 3. The number of guanidine groups is 1. The lowest BCUT2D eigenvalue weighted by atomic mass is 9.74. The maximum absolute atomic E-state index is 5.63. The van der Waals surface area contributed by atoms with E-state index in [9.17, 15) is 0 Å². The lowest BCUT2D eigenvalue weighted by molar-refractivity contribution is 0.0513. The molecule has 1 atom stereocenters. The Labute approximate surface area is 175 Å². The van der Waals surface area contributed by atoms with Gasteiger partial charge < -0.3 is 20.1 Å². The van der Waals surface area contributed by atoms with Crippen LogP contribution in [0.25, 0.3) is 0 Å². The van der Waals surface area contributed by atoms with Crippen LogP contribution in [0.3, 0.4) is 0 Å². The van der Waals surface area contributed by atoms with Crippen molar-refractivity contribution in [3.63, 3.8) is 0 Å². The molecular formula is C20H34IN3O2. The first-order chi connectivity index (χ1) is 12.1. The number of halogens is 1. The molecule has 0 radical (unpaired) electrons. The van der Waals surface area contributed by atoms with Crippen molar-refractivity contribution in [2.75, 3.05) is 33.4 Å². The number of ether oxygens (including phenoxy) is 2. The van der Waals surface area contributed by atoms with Crippen molar-refractivity contribution in [3.8, 4) is 5.75 Å². The summed E-state index contributed by atoms with van der Waals surface area (Å²) in [6.07, 6.45) is 3.08. The van der Waals surface area contributed by atoms with Gasteiger partial charge in [0.1, 0.15) is 5.75 Å². The van der Waals surface area contributed by atoms with E-state index in [1.54, 1.807) is 0 Å². The van der Waals surface area contributed by atoms with E-state index in [4.69, 9.17) is 9.47 Å². The fraction of sp³-hybridized carbons (Fsp3) is 0.650. The molecule has 1 aliphatic heterocycles. The fourth-order valence-corrected chi connectivity index (χ4v) is 3.18. The van der Waals surface area contributed by atoms with Crippen molar-refractivity contribution in [1.29, 1.82) is 0 Å². The van der Waals surface area contributed by atoms with Crippen LogP contribution in [-0.2, 0) is 10.2 Å². The molecule has 1 unspecified atom stereocenters. The van der Waals surface area contributed by atoms with E-state index in [1.165, 1.54) is 5.56 Å². The maximum Gasteiger partial charge on any atom is 0.191 e. The van der Waals surface area contributed by atoms with Crippen LogP contribution in [-0.4, -0.2) is 45.4 Å². The van der Waals surface area contributed by atoms with Gasteiger partial charge in [-0.3, -0.25) is 4.99 Å². The molecule has 0 amide bonds. The third kappa shape index (κ3) is 6.30. The van der Waals surface area contributed by atoms with E-state index in [1.807, 2.05) is 14.0 Å². The molecule has 0 spiro atoms. The molecular weight excluding hydrogens is 441 g/mol. The zero-order chi connectivity index (χ0) is 18.1. The zero-order valence-corrected chi connectivity index (χ0v) is 18.8. The summed E-state index contributed by atoms with van der Waals surface area (Å²) in [4.78, 5) is 4.37. The fourth-order valence-electron chi connectivity index (χ4n) is 3.18. The summed E-state index contributed by atoms with van der Waals surface area (Å²) >= 11 is 0. The summed E-state index contributed by atoms with van der Waals surface area (Å²) in [5.74, 6) is 1.79. The SMILES string of the molecule is CCOc1ccc(C2(CNC(=NC)NC(C)CC)CCOCC2)cc1.I. The number of nitrogens with zero attached hydrogens (tertiary/aromatic N) is 1. The molecule has 2 N–H and O–H groups in total. The molecule has 6 heteroatoms. The Balaban J connectivity index is 0.00000338. The maximum atomic E-state index is 5.63. The average Bonchev–Trinajstić information content (AvgIpc) is 2.66. The van der Waals surface area contributed by atoms with Gasteiger partial charge in [0.2, 0.25) is 0 Å².